The van der Waals surface area contributed by atoms with E-state index in [9.17, 15) is 9.59 Å². The highest BCUT2D eigenvalue weighted by molar-refractivity contribution is 6.33. The number of carbonyl (C=O) groups is 1. The number of nitrogens with one attached hydrogen (secondary N) is 1. The van der Waals surface area contributed by atoms with E-state index in [0.29, 0.717) is 32.9 Å². The van der Waals surface area contributed by atoms with E-state index in [1.165, 1.54) is 36.6 Å². The van der Waals surface area contributed by atoms with Crippen molar-refractivity contribution in [3.63, 3.8) is 0 Å². The van der Waals surface area contributed by atoms with Crippen LogP contribution in [0.1, 0.15) is 63.2 Å². The fourth-order valence-corrected chi connectivity index (χ4v) is 5.26. The number of halogens is 1. The summed E-state index contributed by atoms with van der Waals surface area (Å²) in [5, 5.41) is 4.72. The Bertz CT molecular complexity index is 1050. The number of amides is 1. The first-order valence-corrected chi connectivity index (χ1v) is 12.4. The lowest BCUT2D eigenvalue weighted by atomic mass is 9.71. The summed E-state index contributed by atoms with van der Waals surface area (Å²) in [5.74, 6) is -0.106. The quantitative estimate of drug-likeness (QED) is 0.722. The first kappa shape index (κ1) is 24.0. The molecule has 180 valence electrons. The summed E-state index contributed by atoms with van der Waals surface area (Å²) in [4.78, 5) is 32.6. The monoisotopic (exact) mass is 473 g/mol. The standard InChI is InChI=1S/C25H36ClN5O2/c1-24(2,3)8-13-30-14-9-25(10-15-30)11-16-31(17-12-25)23(33)20-21(28-29(4)22(20)26)18-6-5-7-19(32)27-18/h5-7H,8-17H2,1-4H3,(H,27,32). The number of carbonyl (C=O) groups excluding carboxylic acids is 1. The Hall–Kier alpha value is -2.12. The molecule has 1 spiro atoms. The topological polar surface area (TPSA) is 74.2 Å². The Morgan fingerprint density at radius 2 is 1.76 bits per heavy atom. The van der Waals surface area contributed by atoms with Crippen LogP contribution in [-0.2, 0) is 7.05 Å². The highest BCUT2D eigenvalue weighted by Gasteiger charge is 2.39. The summed E-state index contributed by atoms with van der Waals surface area (Å²) < 4.78 is 1.49. The van der Waals surface area contributed by atoms with E-state index in [4.69, 9.17) is 11.6 Å². The van der Waals surface area contributed by atoms with Gasteiger partial charge in [0.05, 0.1) is 5.69 Å². The third kappa shape index (κ3) is 5.35. The van der Waals surface area contributed by atoms with Gasteiger partial charge in [0, 0.05) is 26.2 Å². The SMILES string of the molecule is Cn1nc(-c2cccc(=O)[nH]2)c(C(=O)N2CCC3(CCN(CCC(C)(C)C)CC3)CC2)c1Cl. The predicted molar refractivity (Wildman–Crippen MR) is 132 cm³/mol. The summed E-state index contributed by atoms with van der Waals surface area (Å²) in [5.41, 5.74) is 1.79. The van der Waals surface area contributed by atoms with E-state index in [1.807, 2.05) is 4.90 Å². The highest BCUT2D eigenvalue weighted by atomic mass is 35.5. The lowest BCUT2D eigenvalue weighted by Crippen LogP contribution is -2.48. The van der Waals surface area contributed by atoms with E-state index in [2.05, 4.69) is 35.8 Å². The van der Waals surface area contributed by atoms with Crippen LogP contribution in [0.5, 0.6) is 0 Å². The molecule has 0 aromatic carbocycles. The summed E-state index contributed by atoms with van der Waals surface area (Å²) in [6, 6.07) is 4.84. The van der Waals surface area contributed by atoms with Crippen molar-refractivity contribution in [3.05, 3.63) is 39.3 Å². The molecule has 8 heteroatoms. The Morgan fingerprint density at radius 3 is 2.36 bits per heavy atom. The average molecular weight is 474 g/mol. The molecule has 2 aliphatic rings. The number of aromatic nitrogens is 3. The van der Waals surface area contributed by atoms with Crippen LogP contribution in [0.25, 0.3) is 11.4 Å². The molecule has 2 aromatic rings. The number of hydrogen-bond donors (Lipinski definition) is 1. The number of H-pyrrole nitrogens is 1. The van der Waals surface area contributed by atoms with Gasteiger partial charge >= 0.3 is 0 Å². The van der Waals surface area contributed by atoms with Crippen LogP contribution in [0.15, 0.2) is 23.0 Å². The summed E-state index contributed by atoms with van der Waals surface area (Å²) in [6.45, 7) is 11.9. The molecule has 1 amide bonds. The number of aryl methyl sites for hydroxylation is 1. The van der Waals surface area contributed by atoms with Crippen LogP contribution >= 0.6 is 11.6 Å². The molecule has 2 aliphatic heterocycles. The fraction of sp³-hybridized carbons (Fsp3) is 0.640. The molecule has 4 rings (SSSR count). The molecule has 1 N–H and O–H groups in total. The normalized spacial score (nSPS) is 19.2. The molecule has 0 aliphatic carbocycles. The predicted octanol–water partition coefficient (Wildman–Crippen LogP) is 4.18. The fourth-order valence-electron chi connectivity index (χ4n) is 5.05. The number of likely N-dealkylation sites (tertiary alicyclic amines) is 2. The molecule has 2 saturated heterocycles. The van der Waals surface area contributed by atoms with Gasteiger partial charge in [0.25, 0.3) is 5.91 Å². The molecule has 0 atom stereocenters. The maximum atomic E-state index is 13.5. The Kier molecular flexibility index (Phi) is 6.74. The molecular weight excluding hydrogens is 438 g/mol. The minimum atomic E-state index is -0.235. The molecule has 2 fully saturated rings. The van der Waals surface area contributed by atoms with Crippen molar-refractivity contribution in [1.82, 2.24) is 24.6 Å². The van der Waals surface area contributed by atoms with E-state index in [0.717, 1.165) is 39.0 Å². The van der Waals surface area contributed by atoms with Crippen LogP contribution in [0.4, 0.5) is 0 Å². The molecule has 0 unspecified atom stereocenters. The summed E-state index contributed by atoms with van der Waals surface area (Å²) >= 11 is 6.49. The van der Waals surface area contributed by atoms with Crippen molar-refractivity contribution in [2.75, 3.05) is 32.7 Å². The van der Waals surface area contributed by atoms with Gasteiger partial charge in [0.2, 0.25) is 5.56 Å². The zero-order valence-electron chi connectivity index (χ0n) is 20.3. The first-order chi connectivity index (χ1) is 15.6. The van der Waals surface area contributed by atoms with Gasteiger partial charge in [-0.25, -0.2) is 0 Å². The van der Waals surface area contributed by atoms with Crippen molar-refractivity contribution in [3.8, 4) is 11.4 Å². The van der Waals surface area contributed by atoms with Crippen molar-refractivity contribution in [2.45, 2.75) is 52.9 Å². The second-order valence-electron chi connectivity index (χ2n) is 11.0. The summed E-state index contributed by atoms with van der Waals surface area (Å²) in [7, 11) is 1.71. The smallest absolute Gasteiger partial charge is 0.259 e. The van der Waals surface area contributed by atoms with Gasteiger partial charge in [-0.3, -0.25) is 14.3 Å². The maximum absolute atomic E-state index is 13.5. The van der Waals surface area contributed by atoms with Gasteiger partial charge < -0.3 is 14.8 Å². The van der Waals surface area contributed by atoms with E-state index >= 15 is 0 Å². The molecular formula is C25H36ClN5O2. The molecule has 7 nitrogen and oxygen atoms in total. The van der Waals surface area contributed by atoms with Gasteiger partial charge in [-0.1, -0.05) is 38.4 Å². The van der Waals surface area contributed by atoms with Crippen LogP contribution in [0.3, 0.4) is 0 Å². The van der Waals surface area contributed by atoms with Gasteiger partial charge in [0.15, 0.2) is 0 Å². The van der Waals surface area contributed by atoms with Crippen molar-refractivity contribution in [1.29, 1.82) is 0 Å². The minimum Gasteiger partial charge on any atom is -0.338 e. The minimum absolute atomic E-state index is 0.106. The van der Waals surface area contributed by atoms with Crippen molar-refractivity contribution in [2.24, 2.45) is 17.9 Å². The number of aromatic amines is 1. The van der Waals surface area contributed by atoms with Crippen LogP contribution in [0, 0.1) is 10.8 Å². The highest BCUT2D eigenvalue weighted by Crippen LogP contribution is 2.42. The number of nitrogens with zero attached hydrogens (tertiary/aromatic N) is 4. The molecule has 0 radical (unpaired) electrons. The van der Waals surface area contributed by atoms with Crippen LogP contribution < -0.4 is 5.56 Å². The molecule has 33 heavy (non-hydrogen) atoms. The lowest BCUT2D eigenvalue weighted by molar-refractivity contribution is 0.0283. The van der Waals surface area contributed by atoms with Gasteiger partial charge in [-0.2, -0.15) is 5.10 Å². The van der Waals surface area contributed by atoms with Gasteiger partial charge in [0.1, 0.15) is 16.4 Å². The zero-order valence-corrected chi connectivity index (χ0v) is 21.0. The van der Waals surface area contributed by atoms with Crippen molar-refractivity contribution >= 4 is 17.5 Å². The van der Waals surface area contributed by atoms with Crippen LogP contribution in [-0.4, -0.2) is 63.2 Å². The first-order valence-electron chi connectivity index (χ1n) is 12.0. The lowest BCUT2D eigenvalue weighted by Gasteiger charge is -2.47. The maximum Gasteiger partial charge on any atom is 0.259 e. The third-order valence-corrected chi connectivity index (χ3v) is 7.85. The molecule has 4 heterocycles. The van der Waals surface area contributed by atoms with Gasteiger partial charge in [-0.15, -0.1) is 0 Å². The zero-order chi connectivity index (χ0) is 23.8. The van der Waals surface area contributed by atoms with E-state index < -0.39 is 0 Å². The van der Waals surface area contributed by atoms with E-state index in [-0.39, 0.29) is 11.5 Å². The van der Waals surface area contributed by atoms with Crippen molar-refractivity contribution < 1.29 is 4.79 Å². The molecule has 0 saturated carbocycles. The number of rotatable bonds is 4. The van der Waals surface area contributed by atoms with Crippen LogP contribution in [0.2, 0.25) is 5.15 Å². The number of pyridine rings is 1. The Balaban J connectivity index is 1.41. The molecule has 2 aromatic heterocycles. The second-order valence-corrected chi connectivity index (χ2v) is 11.4. The van der Waals surface area contributed by atoms with E-state index in [1.54, 1.807) is 19.2 Å². The number of hydrogen-bond acceptors (Lipinski definition) is 4. The molecule has 0 bridgehead atoms. The Labute approximate surface area is 201 Å². The second kappa shape index (κ2) is 9.26. The average Bonchev–Trinajstić information content (AvgIpc) is 3.07. The largest absolute Gasteiger partial charge is 0.338 e. The van der Waals surface area contributed by atoms with Gasteiger partial charge in [-0.05, 0) is 68.6 Å². The third-order valence-electron chi connectivity index (χ3n) is 7.42. The number of piperidine rings is 2. The summed E-state index contributed by atoms with van der Waals surface area (Å²) in [6.07, 6.45) is 5.71. The Morgan fingerprint density at radius 1 is 1.12 bits per heavy atom.